The van der Waals surface area contributed by atoms with Gasteiger partial charge in [-0.25, -0.2) is 0 Å². The van der Waals surface area contributed by atoms with Gasteiger partial charge in [-0.05, 0) is 19.7 Å². The lowest BCUT2D eigenvalue weighted by Crippen LogP contribution is -2.24. The number of hydrogen-bond donors (Lipinski definition) is 0. The molecule has 1 atom stereocenters. The van der Waals surface area contributed by atoms with Crippen LogP contribution in [-0.2, 0) is 0 Å². The second kappa shape index (κ2) is 5.13. The lowest BCUT2D eigenvalue weighted by atomic mass is 9.86. The van der Waals surface area contributed by atoms with Gasteiger partial charge >= 0.3 is 0 Å². The Hall–Kier alpha value is -1.34. The van der Waals surface area contributed by atoms with Crippen LogP contribution in [0.2, 0.25) is 0 Å². The summed E-state index contributed by atoms with van der Waals surface area (Å²) in [6.07, 6.45) is 8.88. The molecule has 1 aromatic rings. The lowest BCUT2D eigenvalue weighted by Gasteiger charge is -2.25. The molecule has 0 radical (unpaired) electrons. The van der Waals surface area contributed by atoms with Gasteiger partial charge < -0.3 is 4.90 Å². The van der Waals surface area contributed by atoms with Gasteiger partial charge in [-0.3, -0.25) is 0 Å². The predicted molar refractivity (Wildman–Crippen MR) is 69.5 cm³/mol. The molecule has 0 fully saturated rings. The van der Waals surface area contributed by atoms with Crippen LogP contribution in [0.25, 0.3) is 0 Å². The fourth-order valence-electron chi connectivity index (χ4n) is 2.26. The maximum absolute atomic E-state index is 2.29. The van der Waals surface area contributed by atoms with Crippen molar-refractivity contribution in [2.24, 2.45) is 5.92 Å². The molecule has 0 aliphatic heterocycles. The molecule has 1 aliphatic carbocycles. The van der Waals surface area contributed by atoms with Gasteiger partial charge in [-0.15, -0.1) is 0 Å². The molecule has 0 spiro atoms. The topological polar surface area (TPSA) is 3.24 Å². The zero-order chi connectivity index (χ0) is 11.4. The standard InChI is InChI=1S/C15H19N/c1-16(2)12-15(14-10-6-7-11-14)13-8-4-3-5-9-13/h3-11,14-15H,12H2,1-2H3/t15-/m0/s1. The number of hydrogen-bond acceptors (Lipinski definition) is 1. The predicted octanol–water partition coefficient (Wildman–Crippen LogP) is 3.07. The summed E-state index contributed by atoms with van der Waals surface area (Å²) in [5.41, 5.74) is 1.43. The average molecular weight is 213 g/mol. The average Bonchev–Trinajstić information content (AvgIpc) is 2.80. The molecule has 84 valence electrons. The van der Waals surface area contributed by atoms with E-state index in [1.807, 2.05) is 0 Å². The minimum atomic E-state index is 0.546. The Labute approximate surface area is 98.1 Å². The molecule has 2 rings (SSSR count). The van der Waals surface area contributed by atoms with E-state index in [4.69, 9.17) is 0 Å². The molecule has 1 nitrogen and oxygen atoms in total. The second-order valence-corrected chi connectivity index (χ2v) is 4.63. The Morgan fingerprint density at radius 2 is 1.69 bits per heavy atom. The summed E-state index contributed by atoms with van der Waals surface area (Å²) in [7, 11) is 4.27. The number of nitrogens with zero attached hydrogens (tertiary/aromatic N) is 1. The summed E-state index contributed by atoms with van der Waals surface area (Å²) in [5, 5.41) is 0. The van der Waals surface area contributed by atoms with Crippen LogP contribution >= 0.6 is 0 Å². The van der Waals surface area contributed by atoms with Crippen LogP contribution in [0.4, 0.5) is 0 Å². The second-order valence-electron chi connectivity index (χ2n) is 4.63. The molecule has 0 aromatic heterocycles. The van der Waals surface area contributed by atoms with Crippen LogP contribution in [0.3, 0.4) is 0 Å². The fourth-order valence-corrected chi connectivity index (χ4v) is 2.26. The molecule has 1 aromatic carbocycles. The Bertz CT molecular complexity index is 364. The van der Waals surface area contributed by atoms with Gasteiger partial charge in [0.15, 0.2) is 0 Å². The first-order chi connectivity index (χ1) is 7.77. The summed E-state index contributed by atoms with van der Waals surface area (Å²) >= 11 is 0. The summed E-state index contributed by atoms with van der Waals surface area (Å²) in [5.74, 6) is 1.11. The molecular weight excluding hydrogens is 194 g/mol. The summed E-state index contributed by atoms with van der Waals surface area (Å²) in [6.45, 7) is 1.09. The zero-order valence-corrected chi connectivity index (χ0v) is 10.0. The van der Waals surface area contributed by atoms with E-state index in [0.717, 1.165) is 6.54 Å². The molecule has 1 aliphatic rings. The SMILES string of the molecule is CN(C)C[C@@H](c1ccccc1)C1C=CC=C1. The molecule has 0 amide bonds. The van der Waals surface area contributed by atoms with Crippen molar-refractivity contribution >= 4 is 0 Å². The first-order valence-electron chi connectivity index (χ1n) is 5.82. The Kier molecular flexibility index (Phi) is 3.58. The Balaban J connectivity index is 2.21. The van der Waals surface area contributed by atoms with Gasteiger partial charge in [-0.1, -0.05) is 54.6 Å². The minimum Gasteiger partial charge on any atom is -0.309 e. The van der Waals surface area contributed by atoms with Gasteiger partial charge in [0.1, 0.15) is 0 Å². The van der Waals surface area contributed by atoms with E-state index in [1.165, 1.54) is 5.56 Å². The van der Waals surface area contributed by atoms with E-state index in [0.29, 0.717) is 11.8 Å². The van der Waals surface area contributed by atoms with Crippen LogP contribution in [0, 0.1) is 5.92 Å². The molecule has 16 heavy (non-hydrogen) atoms. The molecule has 1 heteroatoms. The smallest absolute Gasteiger partial charge is 0.00635 e. The van der Waals surface area contributed by atoms with Crippen LogP contribution < -0.4 is 0 Å². The summed E-state index contributed by atoms with van der Waals surface area (Å²) in [4.78, 5) is 2.26. The van der Waals surface area contributed by atoms with Gasteiger partial charge in [0, 0.05) is 18.4 Å². The van der Waals surface area contributed by atoms with Crippen molar-refractivity contribution < 1.29 is 0 Å². The van der Waals surface area contributed by atoms with E-state index in [-0.39, 0.29) is 0 Å². The van der Waals surface area contributed by atoms with Crippen LogP contribution in [-0.4, -0.2) is 25.5 Å². The largest absolute Gasteiger partial charge is 0.309 e. The zero-order valence-electron chi connectivity index (χ0n) is 10.0. The third-order valence-corrected chi connectivity index (χ3v) is 3.03. The van der Waals surface area contributed by atoms with E-state index in [1.54, 1.807) is 0 Å². The molecule has 0 N–H and O–H groups in total. The molecule has 0 unspecified atom stereocenters. The monoisotopic (exact) mass is 213 g/mol. The lowest BCUT2D eigenvalue weighted by molar-refractivity contribution is 0.354. The highest BCUT2D eigenvalue weighted by atomic mass is 15.1. The van der Waals surface area contributed by atoms with E-state index in [9.17, 15) is 0 Å². The first-order valence-corrected chi connectivity index (χ1v) is 5.82. The van der Waals surface area contributed by atoms with Gasteiger partial charge in [0.2, 0.25) is 0 Å². The van der Waals surface area contributed by atoms with Gasteiger partial charge in [-0.2, -0.15) is 0 Å². The van der Waals surface area contributed by atoms with Crippen molar-refractivity contribution in [2.75, 3.05) is 20.6 Å². The van der Waals surface area contributed by atoms with E-state index >= 15 is 0 Å². The van der Waals surface area contributed by atoms with Crippen molar-refractivity contribution in [3.63, 3.8) is 0 Å². The van der Waals surface area contributed by atoms with Crippen LogP contribution in [0.15, 0.2) is 54.6 Å². The summed E-state index contributed by atoms with van der Waals surface area (Å²) in [6, 6.07) is 10.8. The van der Waals surface area contributed by atoms with Crippen molar-refractivity contribution in [3.8, 4) is 0 Å². The maximum Gasteiger partial charge on any atom is 0.00635 e. The molecular formula is C15H19N. The van der Waals surface area contributed by atoms with Crippen LogP contribution in [0.5, 0.6) is 0 Å². The highest BCUT2D eigenvalue weighted by molar-refractivity contribution is 5.28. The molecule has 0 saturated heterocycles. The first kappa shape index (κ1) is 11.2. The highest BCUT2D eigenvalue weighted by Gasteiger charge is 2.20. The Morgan fingerprint density at radius 1 is 1.06 bits per heavy atom. The number of allylic oxidation sites excluding steroid dienone is 4. The maximum atomic E-state index is 2.29. The van der Waals surface area contributed by atoms with E-state index < -0.39 is 0 Å². The minimum absolute atomic E-state index is 0.546. The normalized spacial score (nSPS) is 17.2. The Morgan fingerprint density at radius 3 is 2.25 bits per heavy atom. The van der Waals surface area contributed by atoms with Crippen molar-refractivity contribution in [1.82, 2.24) is 4.90 Å². The van der Waals surface area contributed by atoms with Gasteiger partial charge in [0.05, 0.1) is 0 Å². The number of benzene rings is 1. The summed E-state index contributed by atoms with van der Waals surface area (Å²) < 4.78 is 0. The third kappa shape index (κ3) is 2.61. The molecule has 0 bridgehead atoms. The number of rotatable bonds is 4. The van der Waals surface area contributed by atoms with Gasteiger partial charge in [0.25, 0.3) is 0 Å². The van der Waals surface area contributed by atoms with Crippen molar-refractivity contribution in [3.05, 3.63) is 60.2 Å². The quantitative estimate of drug-likeness (QED) is 0.743. The van der Waals surface area contributed by atoms with Crippen LogP contribution in [0.1, 0.15) is 11.5 Å². The van der Waals surface area contributed by atoms with Crippen molar-refractivity contribution in [2.45, 2.75) is 5.92 Å². The molecule has 0 saturated carbocycles. The number of likely N-dealkylation sites (N-methyl/N-ethyl adjacent to an activating group) is 1. The molecule has 0 heterocycles. The fraction of sp³-hybridized carbons (Fsp3) is 0.333. The van der Waals surface area contributed by atoms with Crippen molar-refractivity contribution in [1.29, 1.82) is 0 Å². The van der Waals surface area contributed by atoms with E-state index in [2.05, 4.69) is 73.6 Å². The third-order valence-electron chi connectivity index (χ3n) is 3.03. The highest BCUT2D eigenvalue weighted by Crippen LogP contribution is 2.29.